The number of halogens is 4. The number of carbonyl (C=O) groups is 2. The molecule has 0 aromatic heterocycles. The van der Waals surface area contributed by atoms with E-state index in [1.165, 1.54) is 42.5 Å². The van der Waals surface area contributed by atoms with Gasteiger partial charge in [-0.2, -0.15) is 13.2 Å². The minimum Gasteiger partial charge on any atom is -0.489 e. The average Bonchev–Trinajstić information content (AvgIpc) is 2.77. The number of ether oxygens (including phenoxy) is 1. The van der Waals surface area contributed by atoms with E-state index in [0.717, 1.165) is 17.0 Å². The molecule has 0 fully saturated rings. The Bertz CT molecular complexity index is 1130. The first kappa shape index (κ1) is 23.8. The Labute approximate surface area is 186 Å². The third kappa shape index (κ3) is 6.80. The number of alkyl halides is 3. The molecule has 0 saturated heterocycles. The van der Waals surface area contributed by atoms with Crippen molar-refractivity contribution < 1.29 is 37.0 Å². The molecule has 1 N–H and O–H groups in total. The van der Waals surface area contributed by atoms with E-state index in [1.807, 2.05) is 0 Å². The summed E-state index contributed by atoms with van der Waals surface area (Å²) in [5.41, 5.74) is 0.0621. The maximum atomic E-state index is 13.0. The van der Waals surface area contributed by atoms with E-state index in [-0.39, 0.29) is 30.1 Å². The number of hydrogen-bond donors (Lipinski definition) is 1. The molecule has 5 nitrogen and oxygen atoms in total. The molecular formula is C24H19F4NO4. The van der Waals surface area contributed by atoms with Crippen LogP contribution in [0.25, 0.3) is 0 Å². The van der Waals surface area contributed by atoms with Crippen LogP contribution in [0.5, 0.6) is 5.75 Å². The van der Waals surface area contributed by atoms with Crippen LogP contribution in [0.2, 0.25) is 0 Å². The van der Waals surface area contributed by atoms with Crippen molar-refractivity contribution in [3.05, 3.63) is 101 Å². The van der Waals surface area contributed by atoms with Crippen LogP contribution in [0.1, 0.15) is 27.0 Å². The number of nitrogens with zero attached hydrogens (tertiary/aromatic N) is 1. The number of rotatable bonds is 8. The molecule has 0 unspecified atom stereocenters. The third-order valence-electron chi connectivity index (χ3n) is 4.64. The molecule has 0 radical (unpaired) electrons. The topological polar surface area (TPSA) is 66.8 Å². The minimum absolute atomic E-state index is 0.111. The standard InChI is InChI=1S/C24H19F4NO4/c25-20-9-7-16(8-10-20)15-33-21-6-2-4-18(12-21)23(32)29(14-22(30)31)13-17-3-1-5-19(11-17)24(26,27)28/h1-12H,13-15H2,(H,30,31). The highest BCUT2D eigenvalue weighted by Crippen LogP contribution is 2.30. The summed E-state index contributed by atoms with van der Waals surface area (Å²) in [6.07, 6.45) is -4.56. The van der Waals surface area contributed by atoms with Gasteiger partial charge in [0.05, 0.1) is 5.56 Å². The van der Waals surface area contributed by atoms with E-state index >= 15 is 0 Å². The lowest BCUT2D eigenvalue weighted by Gasteiger charge is -2.22. The van der Waals surface area contributed by atoms with E-state index in [1.54, 1.807) is 18.2 Å². The van der Waals surface area contributed by atoms with E-state index < -0.39 is 30.2 Å². The van der Waals surface area contributed by atoms with Crippen molar-refractivity contribution in [1.82, 2.24) is 4.90 Å². The molecule has 33 heavy (non-hydrogen) atoms. The van der Waals surface area contributed by atoms with Crippen LogP contribution >= 0.6 is 0 Å². The average molecular weight is 461 g/mol. The van der Waals surface area contributed by atoms with Crippen molar-refractivity contribution >= 4 is 11.9 Å². The molecule has 3 rings (SSSR count). The van der Waals surface area contributed by atoms with Gasteiger partial charge in [-0.25, -0.2) is 4.39 Å². The van der Waals surface area contributed by atoms with Gasteiger partial charge >= 0.3 is 12.1 Å². The van der Waals surface area contributed by atoms with Crippen molar-refractivity contribution in [2.45, 2.75) is 19.3 Å². The zero-order valence-electron chi connectivity index (χ0n) is 17.2. The first-order valence-corrected chi connectivity index (χ1v) is 9.76. The van der Waals surface area contributed by atoms with Gasteiger partial charge in [-0.3, -0.25) is 9.59 Å². The third-order valence-corrected chi connectivity index (χ3v) is 4.64. The maximum Gasteiger partial charge on any atom is 0.416 e. The largest absolute Gasteiger partial charge is 0.489 e. The summed E-state index contributed by atoms with van der Waals surface area (Å²) in [7, 11) is 0. The number of carboxylic acids is 1. The van der Waals surface area contributed by atoms with E-state index in [2.05, 4.69) is 0 Å². The van der Waals surface area contributed by atoms with Gasteiger partial charge in [0.2, 0.25) is 0 Å². The fourth-order valence-electron chi connectivity index (χ4n) is 3.08. The Morgan fingerprint density at radius 1 is 0.909 bits per heavy atom. The fraction of sp³-hybridized carbons (Fsp3) is 0.167. The molecular weight excluding hydrogens is 442 g/mol. The summed E-state index contributed by atoms with van der Waals surface area (Å²) in [6, 6.07) is 16.0. The Hall–Kier alpha value is -3.88. The predicted molar refractivity (Wildman–Crippen MR) is 111 cm³/mol. The zero-order valence-corrected chi connectivity index (χ0v) is 17.2. The van der Waals surface area contributed by atoms with Crippen LogP contribution in [0, 0.1) is 5.82 Å². The highest BCUT2D eigenvalue weighted by molar-refractivity contribution is 5.96. The minimum atomic E-state index is -4.56. The van der Waals surface area contributed by atoms with Crippen LogP contribution in [-0.4, -0.2) is 28.4 Å². The highest BCUT2D eigenvalue weighted by atomic mass is 19.4. The van der Waals surface area contributed by atoms with Gasteiger partial charge in [-0.1, -0.05) is 30.3 Å². The summed E-state index contributed by atoms with van der Waals surface area (Å²) in [4.78, 5) is 25.2. The Morgan fingerprint density at radius 3 is 2.27 bits per heavy atom. The van der Waals surface area contributed by atoms with Crippen LogP contribution in [0.15, 0.2) is 72.8 Å². The fourth-order valence-corrected chi connectivity index (χ4v) is 3.08. The molecule has 3 aromatic carbocycles. The quantitative estimate of drug-likeness (QED) is 0.471. The molecule has 0 heterocycles. The molecule has 0 aliphatic heterocycles. The number of amides is 1. The van der Waals surface area contributed by atoms with Crippen LogP contribution < -0.4 is 4.74 Å². The van der Waals surface area contributed by atoms with Crippen molar-refractivity contribution in [3.8, 4) is 5.75 Å². The summed E-state index contributed by atoms with van der Waals surface area (Å²) in [5, 5.41) is 9.20. The van der Waals surface area contributed by atoms with Gasteiger partial charge in [0.25, 0.3) is 5.91 Å². The van der Waals surface area contributed by atoms with Crippen molar-refractivity contribution in [2.75, 3.05) is 6.54 Å². The molecule has 3 aromatic rings. The van der Waals surface area contributed by atoms with Gasteiger partial charge < -0.3 is 14.7 Å². The number of aliphatic carboxylic acids is 1. The number of hydrogen-bond acceptors (Lipinski definition) is 3. The predicted octanol–water partition coefficient (Wildman–Crippen LogP) is 5.15. The molecule has 0 atom stereocenters. The van der Waals surface area contributed by atoms with Crippen molar-refractivity contribution in [1.29, 1.82) is 0 Å². The second kappa shape index (κ2) is 10.2. The molecule has 0 saturated carbocycles. The van der Waals surface area contributed by atoms with Gasteiger partial charge in [0, 0.05) is 12.1 Å². The van der Waals surface area contributed by atoms with Gasteiger partial charge in [0.1, 0.15) is 24.7 Å². The second-order valence-electron chi connectivity index (χ2n) is 7.20. The Kier molecular flexibility index (Phi) is 7.32. The SMILES string of the molecule is O=C(O)CN(Cc1cccc(C(F)(F)F)c1)C(=O)c1cccc(OCc2ccc(F)cc2)c1. The first-order valence-electron chi connectivity index (χ1n) is 9.76. The maximum absolute atomic E-state index is 13.0. The molecule has 172 valence electrons. The molecule has 9 heteroatoms. The molecule has 0 spiro atoms. The first-order chi connectivity index (χ1) is 15.6. The van der Waals surface area contributed by atoms with Crippen molar-refractivity contribution in [2.24, 2.45) is 0 Å². The lowest BCUT2D eigenvalue weighted by atomic mass is 10.1. The van der Waals surface area contributed by atoms with Gasteiger partial charge in [-0.05, 0) is 53.6 Å². The van der Waals surface area contributed by atoms with Crippen LogP contribution in [0.4, 0.5) is 17.6 Å². The number of carboxylic acid groups (broad SMARTS) is 1. The smallest absolute Gasteiger partial charge is 0.416 e. The van der Waals surface area contributed by atoms with Crippen molar-refractivity contribution in [3.63, 3.8) is 0 Å². The van der Waals surface area contributed by atoms with Crippen LogP contribution in [-0.2, 0) is 24.1 Å². The highest BCUT2D eigenvalue weighted by Gasteiger charge is 2.30. The monoisotopic (exact) mass is 461 g/mol. The Morgan fingerprint density at radius 2 is 1.61 bits per heavy atom. The zero-order chi connectivity index (χ0) is 24.0. The lowest BCUT2D eigenvalue weighted by Crippen LogP contribution is -2.35. The van der Waals surface area contributed by atoms with E-state index in [0.29, 0.717) is 11.3 Å². The summed E-state index contributed by atoms with van der Waals surface area (Å²) in [5.74, 6) is -2.05. The number of carbonyl (C=O) groups excluding carboxylic acids is 1. The molecule has 0 aliphatic carbocycles. The van der Waals surface area contributed by atoms with E-state index in [4.69, 9.17) is 4.74 Å². The second-order valence-corrected chi connectivity index (χ2v) is 7.20. The van der Waals surface area contributed by atoms with Gasteiger partial charge in [0.15, 0.2) is 0 Å². The van der Waals surface area contributed by atoms with Gasteiger partial charge in [-0.15, -0.1) is 0 Å². The number of benzene rings is 3. The Balaban J connectivity index is 1.77. The van der Waals surface area contributed by atoms with E-state index in [9.17, 15) is 32.3 Å². The van der Waals surface area contributed by atoms with Crippen LogP contribution in [0.3, 0.4) is 0 Å². The summed E-state index contributed by atoms with van der Waals surface area (Å²) >= 11 is 0. The normalized spacial score (nSPS) is 11.2. The molecule has 0 bridgehead atoms. The lowest BCUT2D eigenvalue weighted by molar-refractivity contribution is -0.139. The summed E-state index contributed by atoms with van der Waals surface area (Å²) < 4.78 is 57.6. The molecule has 1 amide bonds. The molecule has 0 aliphatic rings. The summed E-state index contributed by atoms with van der Waals surface area (Å²) in [6.45, 7) is -0.910.